The number of nitriles is 1. The van der Waals surface area contributed by atoms with Gasteiger partial charge in [0.15, 0.2) is 0 Å². The van der Waals surface area contributed by atoms with Crippen molar-refractivity contribution < 1.29 is 12.6 Å². The molecule has 0 atom stereocenters. The van der Waals surface area contributed by atoms with Crippen molar-refractivity contribution in [3.63, 3.8) is 0 Å². The maximum Gasteiger partial charge on any atom is 0.380 e. The molecular formula is C20H21N7O3S. The Balaban J connectivity index is 1.65. The lowest BCUT2D eigenvalue weighted by atomic mass is 10.1. The fraction of sp³-hybridized carbons (Fsp3) is 0.250. The Kier molecular flexibility index (Phi) is 5.75. The van der Waals surface area contributed by atoms with Crippen LogP contribution in [-0.4, -0.2) is 36.4 Å². The van der Waals surface area contributed by atoms with Gasteiger partial charge in [0, 0.05) is 13.1 Å². The zero-order chi connectivity index (χ0) is 21.8. The molecule has 0 bridgehead atoms. The minimum Gasteiger partial charge on any atom is -0.371 e. The van der Waals surface area contributed by atoms with Crippen molar-refractivity contribution in [2.45, 2.75) is 19.4 Å². The summed E-state index contributed by atoms with van der Waals surface area (Å²) < 4.78 is 28.6. The number of nitrogens with two attached hydrogens (primary N) is 1. The van der Waals surface area contributed by atoms with Crippen molar-refractivity contribution in [2.75, 3.05) is 23.0 Å². The van der Waals surface area contributed by atoms with E-state index in [9.17, 15) is 13.7 Å². The van der Waals surface area contributed by atoms with Crippen LogP contribution in [0.3, 0.4) is 0 Å². The summed E-state index contributed by atoms with van der Waals surface area (Å²) in [6, 6.07) is 14.6. The van der Waals surface area contributed by atoms with Gasteiger partial charge in [-0.1, -0.05) is 12.1 Å². The van der Waals surface area contributed by atoms with E-state index in [1.165, 1.54) is 0 Å². The summed E-state index contributed by atoms with van der Waals surface area (Å²) in [5, 5.41) is 24.2. The number of hydrogen-bond acceptors (Lipinski definition) is 8. The van der Waals surface area contributed by atoms with Crippen LogP contribution in [0.15, 0.2) is 55.1 Å². The highest BCUT2D eigenvalue weighted by Crippen LogP contribution is 2.30. The van der Waals surface area contributed by atoms with Gasteiger partial charge in [0.1, 0.15) is 24.5 Å². The quantitative estimate of drug-likeness (QED) is 0.590. The molecular weight excluding hydrogens is 418 g/mol. The normalized spacial score (nSPS) is 13.7. The molecule has 4 rings (SSSR count). The Morgan fingerprint density at radius 3 is 2.39 bits per heavy atom. The van der Waals surface area contributed by atoms with E-state index in [1.807, 2.05) is 23.2 Å². The van der Waals surface area contributed by atoms with Crippen molar-refractivity contribution in [1.82, 2.24) is 14.9 Å². The molecule has 11 heteroatoms. The van der Waals surface area contributed by atoms with Gasteiger partial charge in [-0.3, -0.25) is 5.01 Å². The highest BCUT2D eigenvalue weighted by molar-refractivity contribution is 7.84. The number of nitrogens with zero attached hydrogens (tertiary/aromatic N) is 6. The van der Waals surface area contributed by atoms with E-state index in [4.69, 9.17) is 9.32 Å². The first-order valence-corrected chi connectivity index (χ1v) is 11.1. The predicted octanol–water partition coefficient (Wildman–Crippen LogP) is 1.80. The molecule has 31 heavy (non-hydrogen) atoms. The molecule has 1 aliphatic rings. The lowest BCUT2D eigenvalue weighted by Crippen LogP contribution is -2.28. The van der Waals surface area contributed by atoms with E-state index in [2.05, 4.69) is 21.2 Å². The number of aromatic nitrogens is 3. The van der Waals surface area contributed by atoms with Crippen LogP contribution < -0.4 is 19.2 Å². The maximum absolute atomic E-state index is 11.1. The maximum atomic E-state index is 11.1. The molecule has 2 N–H and O–H groups in total. The molecule has 1 aliphatic heterocycles. The summed E-state index contributed by atoms with van der Waals surface area (Å²) in [7, 11) is -4.07. The van der Waals surface area contributed by atoms with Crippen molar-refractivity contribution in [1.29, 1.82) is 5.26 Å². The SMILES string of the molecule is N#Cc1ccc(N(Cc2ccc(OS(N)(=O)=O)cc2)n2cnnc2)cc1N1CCCC1. The van der Waals surface area contributed by atoms with Crippen LogP contribution in [0, 0.1) is 11.3 Å². The molecule has 0 unspecified atom stereocenters. The lowest BCUT2D eigenvalue weighted by Gasteiger charge is -2.27. The topological polar surface area (TPSA) is 130 Å². The first-order valence-electron chi connectivity index (χ1n) is 9.66. The Bertz CT molecular complexity index is 1180. The highest BCUT2D eigenvalue weighted by Gasteiger charge is 2.19. The first kappa shape index (κ1) is 20.6. The molecule has 3 aromatic rings. The second-order valence-electron chi connectivity index (χ2n) is 7.13. The minimum atomic E-state index is -4.07. The van der Waals surface area contributed by atoms with E-state index in [-0.39, 0.29) is 5.75 Å². The number of rotatable bonds is 7. The highest BCUT2D eigenvalue weighted by atomic mass is 32.2. The van der Waals surface area contributed by atoms with E-state index in [1.54, 1.807) is 41.6 Å². The third kappa shape index (κ3) is 4.93. The Morgan fingerprint density at radius 2 is 1.77 bits per heavy atom. The molecule has 0 amide bonds. The second-order valence-corrected chi connectivity index (χ2v) is 8.28. The average Bonchev–Trinajstić information content (AvgIpc) is 3.46. The molecule has 1 aromatic heterocycles. The van der Waals surface area contributed by atoms with Crippen LogP contribution >= 0.6 is 0 Å². The van der Waals surface area contributed by atoms with Crippen molar-refractivity contribution in [3.05, 3.63) is 66.2 Å². The van der Waals surface area contributed by atoms with Gasteiger partial charge in [0.05, 0.1) is 23.5 Å². The molecule has 0 saturated carbocycles. The fourth-order valence-electron chi connectivity index (χ4n) is 3.58. The van der Waals surface area contributed by atoms with Gasteiger partial charge in [-0.05, 0) is 48.7 Å². The molecule has 2 heterocycles. The van der Waals surface area contributed by atoms with Gasteiger partial charge in [-0.15, -0.1) is 10.2 Å². The monoisotopic (exact) mass is 439 g/mol. The van der Waals surface area contributed by atoms with Crippen LogP contribution in [0.4, 0.5) is 11.4 Å². The summed E-state index contributed by atoms with van der Waals surface area (Å²) >= 11 is 0. The van der Waals surface area contributed by atoms with Crippen LogP contribution in [0.25, 0.3) is 0 Å². The molecule has 160 valence electrons. The number of anilines is 2. The van der Waals surface area contributed by atoms with Gasteiger partial charge in [0.2, 0.25) is 0 Å². The average molecular weight is 440 g/mol. The summed E-state index contributed by atoms with van der Waals surface area (Å²) in [4.78, 5) is 2.23. The van der Waals surface area contributed by atoms with Crippen LogP contribution in [-0.2, 0) is 16.8 Å². The standard InChI is InChI=1S/C20H21N7O3S/c21-12-17-5-6-18(11-20(17)25-9-1-2-10-25)27(26-14-23-24-15-26)13-16-3-7-19(8-4-16)30-31(22,28)29/h3-8,11,14-15H,1-2,9-10,13H2,(H2,22,28,29). The largest absolute Gasteiger partial charge is 0.380 e. The summed E-state index contributed by atoms with van der Waals surface area (Å²) in [5.41, 5.74) is 3.31. The summed E-state index contributed by atoms with van der Waals surface area (Å²) in [5.74, 6) is 0.136. The van der Waals surface area contributed by atoms with E-state index in [0.29, 0.717) is 12.1 Å². The van der Waals surface area contributed by atoms with E-state index >= 15 is 0 Å². The van der Waals surface area contributed by atoms with Crippen molar-refractivity contribution in [3.8, 4) is 11.8 Å². The van der Waals surface area contributed by atoms with Gasteiger partial charge in [-0.2, -0.15) is 18.8 Å². The third-order valence-electron chi connectivity index (χ3n) is 5.00. The minimum absolute atomic E-state index is 0.136. The Labute approximate surface area is 180 Å². The van der Waals surface area contributed by atoms with Gasteiger partial charge in [-0.25, -0.2) is 4.68 Å². The van der Waals surface area contributed by atoms with Crippen LogP contribution in [0.2, 0.25) is 0 Å². The number of hydrogen-bond donors (Lipinski definition) is 1. The Morgan fingerprint density at radius 1 is 1.10 bits per heavy atom. The first-order chi connectivity index (χ1) is 14.9. The molecule has 10 nitrogen and oxygen atoms in total. The van der Waals surface area contributed by atoms with Crippen LogP contribution in [0.1, 0.15) is 24.0 Å². The zero-order valence-electron chi connectivity index (χ0n) is 16.6. The third-order valence-corrected chi connectivity index (χ3v) is 5.42. The molecule has 1 saturated heterocycles. The Hall–Kier alpha value is -3.62. The van der Waals surface area contributed by atoms with E-state index < -0.39 is 10.3 Å². The summed E-state index contributed by atoms with van der Waals surface area (Å²) in [6.45, 7) is 2.30. The van der Waals surface area contributed by atoms with Gasteiger partial charge in [0.25, 0.3) is 0 Å². The smallest absolute Gasteiger partial charge is 0.371 e. The van der Waals surface area contributed by atoms with Gasteiger partial charge >= 0.3 is 10.3 Å². The molecule has 2 aromatic carbocycles. The van der Waals surface area contributed by atoms with Crippen LogP contribution in [0.5, 0.6) is 5.75 Å². The summed E-state index contributed by atoms with van der Waals surface area (Å²) in [6.07, 6.45) is 5.40. The molecule has 0 radical (unpaired) electrons. The molecule has 0 spiro atoms. The van der Waals surface area contributed by atoms with Crippen molar-refractivity contribution >= 4 is 21.7 Å². The predicted molar refractivity (Wildman–Crippen MR) is 114 cm³/mol. The zero-order valence-corrected chi connectivity index (χ0v) is 17.4. The van der Waals surface area contributed by atoms with E-state index in [0.717, 1.165) is 42.9 Å². The van der Waals surface area contributed by atoms with Crippen molar-refractivity contribution in [2.24, 2.45) is 5.14 Å². The number of benzene rings is 2. The lowest BCUT2D eigenvalue weighted by molar-refractivity contribution is 0.487. The molecule has 1 fully saturated rings. The van der Waals surface area contributed by atoms with Gasteiger partial charge < -0.3 is 9.08 Å². The fourth-order valence-corrected chi connectivity index (χ4v) is 3.96. The molecule has 0 aliphatic carbocycles. The second kappa shape index (κ2) is 8.63.